The van der Waals surface area contributed by atoms with Crippen LogP contribution >= 0.6 is 23.4 Å². The Morgan fingerprint density at radius 1 is 0.974 bits per heavy atom. The molecule has 0 fully saturated rings. The highest BCUT2D eigenvalue weighted by atomic mass is 35.5. The number of nitro benzene ring substituents is 1. The topological polar surface area (TPSA) is 116 Å². The van der Waals surface area contributed by atoms with Crippen molar-refractivity contribution >= 4 is 34.7 Å². The van der Waals surface area contributed by atoms with Crippen molar-refractivity contribution in [3.8, 4) is 28.5 Å². The summed E-state index contributed by atoms with van der Waals surface area (Å²) in [6.07, 6.45) is -0.706. The molecular weight excluding hydrogens is 526 g/mol. The number of nitrogens with one attached hydrogen (secondary N) is 1. The van der Waals surface area contributed by atoms with Gasteiger partial charge in [0.05, 0.1) is 4.92 Å². The van der Waals surface area contributed by atoms with Gasteiger partial charge in [0.2, 0.25) is 17.3 Å². The maximum atomic E-state index is 11.0. The molecule has 0 amide bonds. The van der Waals surface area contributed by atoms with Crippen LogP contribution < -0.4 is 10.1 Å². The molecule has 0 radical (unpaired) electrons. The highest BCUT2D eigenvalue weighted by molar-refractivity contribution is 7.98. The van der Waals surface area contributed by atoms with Gasteiger partial charge in [0.15, 0.2) is 11.5 Å². The molecule has 0 saturated carbocycles. The first-order chi connectivity index (χ1) is 18.5. The largest absolute Gasteiger partial charge is 0.455 e. The van der Waals surface area contributed by atoms with Gasteiger partial charge in [0.25, 0.3) is 5.69 Å². The number of nitro groups is 1. The molecule has 188 valence electrons. The Kier molecular flexibility index (Phi) is 6.40. The fourth-order valence-corrected chi connectivity index (χ4v) is 5.06. The van der Waals surface area contributed by atoms with Gasteiger partial charge in [-0.1, -0.05) is 59.8 Å². The summed E-state index contributed by atoms with van der Waals surface area (Å²) >= 11 is 7.70. The normalized spacial score (nSPS) is 14.0. The Bertz CT molecular complexity index is 1640. The molecule has 9 nitrogen and oxygen atoms in total. The molecule has 3 heterocycles. The standard InChI is InChI=1S/C27H18ClN5O4S/c28-20-7-3-1-5-17(20)15-38-27-30-26-24(31-32-27)19-6-2-4-8-21(19)29-25(37-26)23-14-13-22(36-23)16-9-11-18(12-10-16)33(34)35/h1-14,25,29H,15H2. The molecule has 5 aromatic rings. The van der Waals surface area contributed by atoms with Crippen molar-refractivity contribution in [1.82, 2.24) is 15.2 Å². The van der Waals surface area contributed by atoms with Crippen LogP contribution in [-0.2, 0) is 5.75 Å². The average Bonchev–Trinajstić information content (AvgIpc) is 3.37. The van der Waals surface area contributed by atoms with Crippen molar-refractivity contribution in [1.29, 1.82) is 0 Å². The highest BCUT2D eigenvalue weighted by Gasteiger charge is 2.28. The summed E-state index contributed by atoms with van der Waals surface area (Å²) in [5.41, 5.74) is 3.79. The van der Waals surface area contributed by atoms with E-state index in [0.29, 0.717) is 44.6 Å². The zero-order valence-electron chi connectivity index (χ0n) is 19.6. The Morgan fingerprint density at radius 2 is 1.76 bits per heavy atom. The lowest BCUT2D eigenvalue weighted by Crippen LogP contribution is -2.16. The lowest BCUT2D eigenvalue weighted by atomic mass is 10.1. The maximum absolute atomic E-state index is 11.0. The molecule has 3 aromatic carbocycles. The van der Waals surface area contributed by atoms with E-state index in [2.05, 4.69) is 20.5 Å². The summed E-state index contributed by atoms with van der Waals surface area (Å²) in [4.78, 5) is 15.2. The number of nitrogens with zero attached hydrogens (tertiary/aromatic N) is 4. The lowest BCUT2D eigenvalue weighted by molar-refractivity contribution is -0.384. The predicted octanol–water partition coefficient (Wildman–Crippen LogP) is 7.16. The number of aromatic nitrogens is 3. The summed E-state index contributed by atoms with van der Waals surface area (Å²) in [7, 11) is 0. The molecule has 0 spiro atoms. The van der Waals surface area contributed by atoms with E-state index in [1.54, 1.807) is 24.3 Å². The summed E-state index contributed by atoms with van der Waals surface area (Å²) in [5, 5.41) is 24.2. The van der Waals surface area contributed by atoms with Crippen LogP contribution in [0.4, 0.5) is 11.4 Å². The zero-order chi connectivity index (χ0) is 26.1. The fraction of sp³-hybridized carbons (Fsp3) is 0.0741. The van der Waals surface area contributed by atoms with Gasteiger partial charge in [-0.3, -0.25) is 10.1 Å². The minimum atomic E-state index is -0.706. The van der Waals surface area contributed by atoms with E-state index in [4.69, 9.17) is 20.8 Å². The smallest absolute Gasteiger partial charge is 0.269 e. The molecule has 1 unspecified atom stereocenters. The van der Waals surface area contributed by atoms with E-state index in [9.17, 15) is 10.1 Å². The van der Waals surface area contributed by atoms with Gasteiger partial charge in [-0.15, -0.1) is 10.2 Å². The average molecular weight is 544 g/mol. The fourth-order valence-electron chi connectivity index (χ4n) is 3.99. The number of thioether (sulfide) groups is 1. The number of anilines is 1. The van der Waals surface area contributed by atoms with Crippen LogP contribution in [0.25, 0.3) is 22.6 Å². The van der Waals surface area contributed by atoms with E-state index in [0.717, 1.165) is 16.8 Å². The monoisotopic (exact) mass is 543 g/mol. The van der Waals surface area contributed by atoms with E-state index in [1.807, 2.05) is 48.5 Å². The van der Waals surface area contributed by atoms with Crippen LogP contribution in [0.3, 0.4) is 0 Å². The number of hydrogen-bond acceptors (Lipinski definition) is 9. The molecule has 1 aliphatic heterocycles. The van der Waals surface area contributed by atoms with Crippen molar-refractivity contribution in [3.05, 3.63) is 111 Å². The van der Waals surface area contributed by atoms with Crippen molar-refractivity contribution in [2.45, 2.75) is 17.1 Å². The first-order valence-corrected chi connectivity index (χ1v) is 12.9. The van der Waals surface area contributed by atoms with Crippen LogP contribution in [0.15, 0.2) is 94.5 Å². The molecule has 0 aliphatic carbocycles. The van der Waals surface area contributed by atoms with Crippen LogP contribution in [0.2, 0.25) is 5.02 Å². The minimum absolute atomic E-state index is 0.0119. The molecule has 0 saturated heterocycles. The zero-order valence-corrected chi connectivity index (χ0v) is 21.1. The van der Waals surface area contributed by atoms with Gasteiger partial charge in [0, 0.05) is 39.7 Å². The van der Waals surface area contributed by atoms with Crippen LogP contribution in [-0.4, -0.2) is 20.1 Å². The van der Waals surface area contributed by atoms with Crippen molar-refractivity contribution < 1.29 is 14.1 Å². The van der Waals surface area contributed by atoms with Crippen LogP contribution in [0.5, 0.6) is 5.88 Å². The number of para-hydroxylation sites is 1. The Labute approximate surface area is 226 Å². The first-order valence-electron chi connectivity index (χ1n) is 11.5. The number of hydrogen-bond donors (Lipinski definition) is 1. The van der Waals surface area contributed by atoms with Gasteiger partial charge >= 0.3 is 0 Å². The maximum Gasteiger partial charge on any atom is 0.269 e. The molecule has 1 N–H and O–H groups in total. The lowest BCUT2D eigenvalue weighted by Gasteiger charge is -2.16. The SMILES string of the molecule is O=[N+]([O-])c1ccc(-c2ccc(C3Nc4ccccc4-c4nnc(SCc5ccccc5Cl)nc4O3)o2)cc1. The number of fused-ring (bicyclic) bond motifs is 3. The summed E-state index contributed by atoms with van der Waals surface area (Å²) in [6, 6.07) is 25.0. The number of halogens is 1. The van der Waals surface area contributed by atoms with Gasteiger partial charge in [-0.05, 0) is 42.0 Å². The summed E-state index contributed by atoms with van der Waals surface area (Å²) < 4.78 is 12.4. The van der Waals surface area contributed by atoms with Gasteiger partial charge in [-0.2, -0.15) is 4.98 Å². The number of benzene rings is 3. The molecule has 6 rings (SSSR count). The van der Waals surface area contributed by atoms with Gasteiger partial charge < -0.3 is 14.5 Å². The number of furan rings is 1. The van der Waals surface area contributed by atoms with Crippen molar-refractivity contribution in [3.63, 3.8) is 0 Å². The molecular formula is C27H18ClN5O4S. The van der Waals surface area contributed by atoms with E-state index in [-0.39, 0.29) is 5.69 Å². The molecule has 1 atom stereocenters. The van der Waals surface area contributed by atoms with Crippen LogP contribution in [0, 0.1) is 10.1 Å². The van der Waals surface area contributed by atoms with E-state index in [1.165, 1.54) is 23.9 Å². The second-order valence-electron chi connectivity index (χ2n) is 8.32. The molecule has 11 heteroatoms. The van der Waals surface area contributed by atoms with Crippen molar-refractivity contribution in [2.24, 2.45) is 0 Å². The number of rotatable bonds is 6. The third-order valence-electron chi connectivity index (χ3n) is 5.90. The Hall–Kier alpha value is -4.41. The second kappa shape index (κ2) is 10.2. The van der Waals surface area contributed by atoms with Gasteiger partial charge in [0.1, 0.15) is 5.76 Å². The third kappa shape index (κ3) is 4.79. The molecule has 0 bridgehead atoms. The molecule has 2 aromatic heterocycles. The highest BCUT2D eigenvalue weighted by Crippen LogP contribution is 2.40. The summed E-state index contributed by atoms with van der Waals surface area (Å²) in [6.45, 7) is 0. The van der Waals surface area contributed by atoms with Crippen molar-refractivity contribution in [2.75, 3.05) is 5.32 Å². The summed E-state index contributed by atoms with van der Waals surface area (Å²) in [5.74, 6) is 1.95. The van der Waals surface area contributed by atoms with Gasteiger partial charge in [-0.25, -0.2) is 0 Å². The first kappa shape index (κ1) is 24.0. The van der Waals surface area contributed by atoms with Crippen LogP contribution in [0.1, 0.15) is 17.6 Å². The quantitative estimate of drug-likeness (QED) is 0.135. The number of non-ortho nitro benzene ring substituents is 1. The Morgan fingerprint density at radius 3 is 2.58 bits per heavy atom. The molecule has 38 heavy (non-hydrogen) atoms. The van der Waals surface area contributed by atoms with E-state index < -0.39 is 11.2 Å². The second-order valence-corrected chi connectivity index (χ2v) is 9.67. The number of ether oxygens (including phenoxy) is 1. The Balaban J connectivity index is 1.30. The van der Waals surface area contributed by atoms with E-state index >= 15 is 0 Å². The molecule has 1 aliphatic rings. The minimum Gasteiger partial charge on any atom is -0.455 e. The predicted molar refractivity (Wildman–Crippen MR) is 144 cm³/mol. The third-order valence-corrected chi connectivity index (χ3v) is 7.15.